The van der Waals surface area contributed by atoms with Crippen molar-refractivity contribution in [3.8, 4) is 0 Å². The predicted molar refractivity (Wildman–Crippen MR) is 109 cm³/mol. The maximum atomic E-state index is 12.1. The fraction of sp³-hybridized carbons (Fsp3) is 0.333. The van der Waals surface area contributed by atoms with Crippen LogP contribution in [-0.2, 0) is 9.68 Å². The number of halogens is 1. The summed E-state index contributed by atoms with van der Waals surface area (Å²) in [6.07, 6.45) is 1.75. The van der Waals surface area contributed by atoms with Gasteiger partial charge in [0.25, 0.3) is 0 Å². The number of amides is 1. The number of hydroxylamine groups is 2. The molecule has 28 heavy (non-hydrogen) atoms. The minimum atomic E-state index is -0.481. The molecule has 6 nitrogen and oxygen atoms in total. The van der Waals surface area contributed by atoms with Gasteiger partial charge in [-0.15, -0.1) is 5.06 Å². The van der Waals surface area contributed by atoms with E-state index < -0.39 is 6.09 Å². The summed E-state index contributed by atoms with van der Waals surface area (Å²) in [5, 5.41) is 9.42. The number of rotatable bonds is 3. The summed E-state index contributed by atoms with van der Waals surface area (Å²) >= 11 is 5.95. The van der Waals surface area contributed by atoms with Crippen LogP contribution in [0.3, 0.4) is 0 Å². The highest BCUT2D eigenvalue weighted by molar-refractivity contribution is 6.30. The first-order valence-electron chi connectivity index (χ1n) is 9.33. The van der Waals surface area contributed by atoms with E-state index in [-0.39, 0.29) is 5.60 Å². The summed E-state index contributed by atoms with van der Waals surface area (Å²) in [4.78, 5) is 23.3. The van der Waals surface area contributed by atoms with E-state index in [2.05, 4.69) is 10.5 Å². The highest BCUT2D eigenvalue weighted by Gasteiger charge is 2.43. The van der Waals surface area contributed by atoms with E-state index in [1.807, 2.05) is 55.5 Å². The minimum Gasteiger partial charge on any atom is -0.388 e. The van der Waals surface area contributed by atoms with Crippen molar-refractivity contribution in [2.75, 3.05) is 18.4 Å². The van der Waals surface area contributed by atoms with E-state index in [0.29, 0.717) is 23.8 Å². The largest absolute Gasteiger partial charge is 0.430 e. The monoisotopic (exact) mass is 399 g/mol. The van der Waals surface area contributed by atoms with E-state index in [4.69, 9.17) is 21.3 Å². The number of carbonyl (C=O) groups excluding carboxylic acids is 1. The lowest BCUT2D eigenvalue weighted by atomic mass is 9.86. The van der Waals surface area contributed by atoms with E-state index >= 15 is 0 Å². The third-order valence-electron chi connectivity index (χ3n) is 5.16. The van der Waals surface area contributed by atoms with Gasteiger partial charge in [0.05, 0.1) is 5.71 Å². The minimum absolute atomic E-state index is 0.317. The average Bonchev–Trinajstić information content (AvgIpc) is 3.10. The second kappa shape index (κ2) is 7.81. The van der Waals surface area contributed by atoms with Crippen molar-refractivity contribution in [3.63, 3.8) is 0 Å². The lowest BCUT2D eigenvalue weighted by Gasteiger charge is -2.35. The molecule has 2 aromatic carbocycles. The van der Waals surface area contributed by atoms with Crippen molar-refractivity contribution in [1.82, 2.24) is 5.06 Å². The Hall–Kier alpha value is -2.57. The number of aryl methyl sites for hydroxylation is 1. The lowest BCUT2D eigenvalue weighted by Crippen LogP contribution is -2.45. The quantitative estimate of drug-likeness (QED) is 0.807. The number of piperidine rings is 1. The standard InChI is InChI=1S/C21H22ClN3O3/c1-15-2-8-18(9-3-15)23-20(26)27-25-12-10-21(11-13-25)14-19(24-28-21)16-4-6-17(22)7-5-16/h2-9H,10-14H2,1H3,(H,23,26). The normalized spacial score (nSPS) is 18.4. The van der Waals surface area contributed by atoms with Crippen molar-refractivity contribution < 1.29 is 14.5 Å². The zero-order valence-corrected chi connectivity index (χ0v) is 16.4. The second-order valence-corrected chi connectivity index (χ2v) is 7.73. The first-order valence-corrected chi connectivity index (χ1v) is 9.71. The highest BCUT2D eigenvalue weighted by atomic mass is 35.5. The molecular formula is C21H22ClN3O3. The fourth-order valence-electron chi connectivity index (χ4n) is 3.47. The number of nitrogens with zero attached hydrogens (tertiary/aromatic N) is 2. The molecule has 2 aromatic rings. The molecule has 2 heterocycles. The Morgan fingerprint density at radius 1 is 1.14 bits per heavy atom. The molecule has 1 N–H and O–H groups in total. The van der Waals surface area contributed by atoms with Gasteiger partial charge in [0.2, 0.25) is 0 Å². The van der Waals surface area contributed by atoms with Crippen LogP contribution in [0.15, 0.2) is 53.7 Å². The van der Waals surface area contributed by atoms with Crippen LogP contribution in [0, 0.1) is 6.92 Å². The van der Waals surface area contributed by atoms with Gasteiger partial charge >= 0.3 is 6.09 Å². The third-order valence-corrected chi connectivity index (χ3v) is 5.41. The van der Waals surface area contributed by atoms with Crippen LogP contribution in [0.4, 0.5) is 10.5 Å². The van der Waals surface area contributed by atoms with Gasteiger partial charge in [-0.05, 0) is 36.8 Å². The molecule has 0 atom stereocenters. The maximum Gasteiger partial charge on any atom is 0.430 e. The molecule has 0 unspecified atom stereocenters. The Balaban J connectivity index is 1.27. The van der Waals surface area contributed by atoms with Gasteiger partial charge in [0, 0.05) is 43.1 Å². The first-order chi connectivity index (χ1) is 13.5. The Kier molecular flexibility index (Phi) is 5.24. The van der Waals surface area contributed by atoms with Crippen molar-refractivity contribution in [2.45, 2.75) is 31.8 Å². The number of benzene rings is 2. The van der Waals surface area contributed by atoms with Crippen molar-refractivity contribution in [2.24, 2.45) is 5.16 Å². The molecule has 2 aliphatic heterocycles. The Bertz CT molecular complexity index is 873. The Morgan fingerprint density at radius 2 is 1.82 bits per heavy atom. The van der Waals surface area contributed by atoms with Crippen molar-refractivity contribution >= 4 is 29.1 Å². The van der Waals surface area contributed by atoms with Gasteiger partial charge < -0.3 is 9.68 Å². The summed E-state index contributed by atoms with van der Waals surface area (Å²) in [6, 6.07) is 15.2. The molecule has 4 rings (SSSR count). The molecule has 1 spiro atoms. The van der Waals surface area contributed by atoms with Crippen LogP contribution in [0.25, 0.3) is 0 Å². The summed E-state index contributed by atoms with van der Waals surface area (Å²) in [7, 11) is 0. The molecule has 1 saturated heterocycles. The van der Waals surface area contributed by atoms with Crippen molar-refractivity contribution in [3.05, 3.63) is 64.7 Å². The zero-order chi connectivity index (χ0) is 19.6. The summed E-state index contributed by atoms with van der Waals surface area (Å²) in [6.45, 7) is 3.20. The van der Waals surface area contributed by atoms with E-state index in [0.717, 1.165) is 36.1 Å². The number of nitrogens with one attached hydrogen (secondary N) is 1. The maximum absolute atomic E-state index is 12.1. The topological polar surface area (TPSA) is 63.2 Å². The van der Waals surface area contributed by atoms with Gasteiger partial charge in [-0.2, -0.15) is 0 Å². The predicted octanol–water partition coefficient (Wildman–Crippen LogP) is 4.77. The van der Waals surface area contributed by atoms with Crippen LogP contribution in [0.2, 0.25) is 5.02 Å². The molecule has 0 saturated carbocycles. The van der Waals surface area contributed by atoms with E-state index in [9.17, 15) is 4.79 Å². The molecule has 2 aliphatic rings. The smallest absolute Gasteiger partial charge is 0.388 e. The lowest BCUT2D eigenvalue weighted by molar-refractivity contribution is -0.154. The summed E-state index contributed by atoms with van der Waals surface area (Å²) in [5.41, 5.74) is 3.49. The number of oxime groups is 1. The van der Waals surface area contributed by atoms with Gasteiger partial charge in [0.15, 0.2) is 0 Å². The number of hydrogen-bond acceptors (Lipinski definition) is 5. The van der Waals surface area contributed by atoms with E-state index in [1.54, 1.807) is 5.06 Å². The van der Waals surface area contributed by atoms with E-state index in [1.165, 1.54) is 0 Å². The highest BCUT2D eigenvalue weighted by Crippen LogP contribution is 2.36. The van der Waals surface area contributed by atoms with Crippen molar-refractivity contribution in [1.29, 1.82) is 0 Å². The molecule has 1 amide bonds. The third kappa shape index (κ3) is 4.29. The van der Waals surface area contributed by atoms with Crippen LogP contribution in [0.1, 0.15) is 30.4 Å². The molecule has 0 radical (unpaired) electrons. The number of carbonyl (C=O) groups is 1. The Morgan fingerprint density at radius 3 is 2.50 bits per heavy atom. The molecule has 1 fully saturated rings. The van der Waals surface area contributed by atoms with Crippen LogP contribution >= 0.6 is 11.6 Å². The number of hydrogen-bond donors (Lipinski definition) is 1. The molecule has 0 aromatic heterocycles. The molecule has 0 aliphatic carbocycles. The molecule has 0 bridgehead atoms. The molecular weight excluding hydrogens is 378 g/mol. The fourth-order valence-corrected chi connectivity index (χ4v) is 3.59. The van der Waals surface area contributed by atoms with Gasteiger partial charge in [-0.1, -0.05) is 46.6 Å². The average molecular weight is 400 g/mol. The van der Waals surface area contributed by atoms with Gasteiger partial charge in [0.1, 0.15) is 5.60 Å². The second-order valence-electron chi connectivity index (χ2n) is 7.29. The summed E-state index contributed by atoms with van der Waals surface area (Å²) in [5.74, 6) is 0. The van der Waals surface area contributed by atoms with Crippen LogP contribution < -0.4 is 5.32 Å². The zero-order valence-electron chi connectivity index (χ0n) is 15.7. The van der Waals surface area contributed by atoms with Crippen LogP contribution in [0.5, 0.6) is 0 Å². The van der Waals surface area contributed by atoms with Gasteiger partial charge in [-0.3, -0.25) is 5.32 Å². The first kappa shape index (κ1) is 18.8. The van der Waals surface area contributed by atoms with Gasteiger partial charge in [-0.25, -0.2) is 4.79 Å². The molecule has 146 valence electrons. The van der Waals surface area contributed by atoms with Crippen LogP contribution in [-0.4, -0.2) is 35.6 Å². The Labute approximate surface area is 169 Å². The molecule has 7 heteroatoms. The SMILES string of the molecule is Cc1ccc(NC(=O)ON2CCC3(CC2)CC(c2ccc(Cl)cc2)=NO3)cc1. The number of anilines is 1. The summed E-state index contributed by atoms with van der Waals surface area (Å²) < 4.78 is 0.